The molecule has 2 fully saturated rings. The molecule has 2 aliphatic rings. The van der Waals surface area contributed by atoms with Crippen molar-refractivity contribution >= 4 is 51.7 Å². The van der Waals surface area contributed by atoms with Crippen LogP contribution in [0.15, 0.2) is 58.4 Å². The number of nitrogens with zero attached hydrogens (tertiary/aromatic N) is 3. The second-order valence-corrected chi connectivity index (χ2v) is 9.92. The van der Waals surface area contributed by atoms with E-state index in [0.29, 0.717) is 39.3 Å². The lowest BCUT2D eigenvalue weighted by Crippen LogP contribution is -2.27. The Morgan fingerprint density at radius 1 is 1.26 bits per heavy atom. The van der Waals surface area contributed by atoms with Crippen molar-refractivity contribution < 1.29 is 14.3 Å². The number of thioether (sulfide) groups is 1. The van der Waals surface area contributed by atoms with Crippen LogP contribution in [0, 0.1) is 0 Å². The van der Waals surface area contributed by atoms with Crippen LogP contribution in [0.1, 0.15) is 24.0 Å². The molecular formula is C25H24N4O4S2. The first kappa shape index (κ1) is 23.5. The van der Waals surface area contributed by atoms with E-state index in [9.17, 15) is 9.59 Å². The highest BCUT2D eigenvalue weighted by molar-refractivity contribution is 8.26. The minimum atomic E-state index is -0.258. The third-order valence-electron chi connectivity index (χ3n) is 5.94. The maximum Gasteiger partial charge on any atom is 0.267 e. The maximum atomic E-state index is 13.4. The number of nitrogens with one attached hydrogen (secondary N) is 1. The highest BCUT2D eigenvalue weighted by Gasteiger charge is 2.32. The van der Waals surface area contributed by atoms with Crippen molar-refractivity contribution in [2.75, 3.05) is 25.6 Å². The van der Waals surface area contributed by atoms with Crippen molar-refractivity contribution in [3.63, 3.8) is 0 Å². The molecule has 5 rings (SSSR count). The first-order valence-corrected chi connectivity index (χ1v) is 12.5. The van der Waals surface area contributed by atoms with Crippen molar-refractivity contribution in [2.24, 2.45) is 0 Å². The van der Waals surface area contributed by atoms with Gasteiger partial charge in [0, 0.05) is 19.3 Å². The van der Waals surface area contributed by atoms with Crippen LogP contribution < -0.4 is 15.6 Å². The van der Waals surface area contributed by atoms with Crippen LogP contribution in [-0.2, 0) is 16.1 Å². The Kier molecular flexibility index (Phi) is 6.85. The maximum absolute atomic E-state index is 13.4. The quantitative estimate of drug-likeness (QED) is 0.382. The minimum absolute atomic E-state index is 0.0709. The molecule has 0 spiro atoms. The van der Waals surface area contributed by atoms with Crippen molar-refractivity contribution in [2.45, 2.75) is 25.5 Å². The number of ether oxygens (including phenoxy) is 2. The van der Waals surface area contributed by atoms with Crippen LogP contribution in [-0.4, -0.2) is 50.9 Å². The molecule has 0 aliphatic carbocycles. The first-order chi connectivity index (χ1) is 17.0. The molecule has 10 heteroatoms. The summed E-state index contributed by atoms with van der Waals surface area (Å²) in [5.41, 5.74) is 1.51. The number of aromatic nitrogens is 2. The fraction of sp³-hybridized carbons (Fsp3) is 0.280. The van der Waals surface area contributed by atoms with E-state index in [-0.39, 0.29) is 17.6 Å². The molecule has 180 valence electrons. The van der Waals surface area contributed by atoms with Gasteiger partial charge in [0.2, 0.25) is 0 Å². The second-order valence-electron chi connectivity index (χ2n) is 8.24. The van der Waals surface area contributed by atoms with E-state index in [1.165, 1.54) is 16.2 Å². The molecule has 1 atom stereocenters. The van der Waals surface area contributed by atoms with Crippen molar-refractivity contribution in [3.8, 4) is 5.75 Å². The van der Waals surface area contributed by atoms with Crippen molar-refractivity contribution in [3.05, 3.63) is 75.0 Å². The lowest BCUT2D eigenvalue weighted by molar-refractivity contribution is -0.122. The number of hydrogen-bond acceptors (Lipinski definition) is 8. The van der Waals surface area contributed by atoms with Crippen LogP contribution in [0.2, 0.25) is 0 Å². The van der Waals surface area contributed by atoms with Gasteiger partial charge in [-0.1, -0.05) is 42.2 Å². The number of amides is 1. The summed E-state index contributed by atoms with van der Waals surface area (Å²) in [5, 5.41) is 3.28. The van der Waals surface area contributed by atoms with Gasteiger partial charge in [-0.15, -0.1) is 0 Å². The normalized spacial score (nSPS) is 19.2. The molecular weight excluding hydrogens is 484 g/mol. The highest BCUT2D eigenvalue weighted by Crippen LogP contribution is 2.34. The van der Waals surface area contributed by atoms with Crippen LogP contribution in [0.3, 0.4) is 0 Å². The summed E-state index contributed by atoms with van der Waals surface area (Å²) < 4.78 is 12.8. The molecule has 3 aromatic rings. The standard InChI is InChI=1S/C25H24N4O4S2/c1-32-17-9-7-16(8-10-17)15-29-24(31)20(35-25(29)34)13-19-22(26-14-18-5-4-12-33-18)27-21-6-2-3-11-28(21)23(19)30/h2-3,6-11,13,18,26H,4-5,12,14-15H2,1H3. The fourth-order valence-corrected chi connectivity index (χ4v) is 5.30. The number of rotatable bonds is 7. The van der Waals surface area contributed by atoms with Crippen LogP contribution in [0.4, 0.5) is 5.82 Å². The molecule has 4 heterocycles. The van der Waals surface area contributed by atoms with E-state index in [0.717, 1.165) is 30.8 Å². The molecule has 1 amide bonds. The van der Waals surface area contributed by atoms with Gasteiger partial charge in [-0.3, -0.25) is 18.9 Å². The summed E-state index contributed by atoms with van der Waals surface area (Å²) in [6.07, 6.45) is 5.31. The van der Waals surface area contributed by atoms with Gasteiger partial charge in [-0.25, -0.2) is 4.98 Å². The van der Waals surface area contributed by atoms with E-state index < -0.39 is 0 Å². The summed E-state index contributed by atoms with van der Waals surface area (Å²) in [6, 6.07) is 12.9. The molecule has 8 nitrogen and oxygen atoms in total. The van der Waals surface area contributed by atoms with E-state index in [1.807, 2.05) is 30.3 Å². The summed E-state index contributed by atoms with van der Waals surface area (Å²) >= 11 is 6.68. The van der Waals surface area contributed by atoms with Crippen LogP contribution in [0.25, 0.3) is 11.7 Å². The molecule has 0 radical (unpaired) electrons. The summed E-state index contributed by atoms with van der Waals surface area (Å²) in [4.78, 5) is 33.2. The van der Waals surface area contributed by atoms with Crippen molar-refractivity contribution in [1.29, 1.82) is 0 Å². The van der Waals surface area contributed by atoms with Gasteiger partial charge in [-0.05, 0) is 48.7 Å². The lowest BCUT2D eigenvalue weighted by atomic mass is 10.2. The Morgan fingerprint density at radius 2 is 2.09 bits per heavy atom. The largest absolute Gasteiger partial charge is 0.497 e. The van der Waals surface area contributed by atoms with Gasteiger partial charge in [0.1, 0.15) is 21.5 Å². The fourth-order valence-electron chi connectivity index (χ4n) is 4.06. The number of methoxy groups -OCH3 is 1. The molecule has 0 bridgehead atoms. The zero-order valence-electron chi connectivity index (χ0n) is 19.1. The number of fused-ring (bicyclic) bond motifs is 1. The SMILES string of the molecule is COc1ccc(CN2C(=O)C(=Cc3c(NCC4CCCO4)nc4ccccn4c3=O)SC2=S)cc1. The Balaban J connectivity index is 1.46. The average molecular weight is 509 g/mol. The van der Waals surface area contributed by atoms with E-state index in [1.54, 1.807) is 36.4 Å². The Bertz CT molecular complexity index is 1360. The Morgan fingerprint density at radius 3 is 2.83 bits per heavy atom. The summed E-state index contributed by atoms with van der Waals surface area (Å²) in [5.74, 6) is 0.932. The number of anilines is 1. The third-order valence-corrected chi connectivity index (χ3v) is 7.32. The Hall–Kier alpha value is -3.21. The van der Waals surface area contributed by atoms with Crippen LogP contribution in [0.5, 0.6) is 5.75 Å². The number of pyridine rings is 1. The zero-order chi connectivity index (χ0) is 24.4. The molecule has 1 aromatic carbocycles. The van der Waals surface area contributed by atoms with Gasteiger partial charge < -0.3 is 14.8 Å². The number of benzene rings is 1. The van der Waals surface area contributed by atoms with E-state index in [4.69, 9.17) is 21.7 Å². The second kappa shape index (κ2) is 10.2. The first-order valence-electron chi connectivity index (χ1n) is 11.3. The molecule has 2 aromatic heterocycles. The number of carbonyl (C=O) groups is 1. The van der Waals surface area contributed by atoms with Gasteiger partial charge in [0.05, 0.1) is 30.2 Å². The predicted molar refractivity (Wildman–Crippen MR) is 141 cm³/mol. The van der Waals surface area contributed by atoms with Gasteiger partial charge >= 0.3 is 0 Å². The van der Waals surface area contributed by atoms with E-state index >= 15 is 0 Å². The molecule has 1 N–H and O–H groups in total. The Labute approximate surface area is 211 Å². The van der Waals surface area contributed by atoms with Gasteiger partial charge in [-0.2, -0.15) is 0 Å². The molecule has 0 saturated carbocycles. The van der Waals surface area contributed by atoms with Crippen LogP contribution >= 0.6 is 24.0 Å². The molecule has 2 aliphatic heterocycles. The van der Waals surface area contributed by atoms with Gasteiger partial charge in [0.25, 0.3) is 11.5 Å². The lowest BCUT2D eigenvalue weighted by Gasteiger charge is -2.15. The summed E-state index contributed by atoms with van der Waals surface area (Å²) in [6.45, 7) is 1.61. The predicted octanol–water partition coefficient (Wildman–Crippen LogP) is 3.70. The molecule has 35 heavy (non-hydrogen) atoms. The zero-order valence-corrected chi connectivity index (χ0v) is 20.7. The summed E-state index contributed by atoms with van der Waals surface area (Å²) in [7, 11) is 1.61. The molecule has 2 saturated heterocycles. The number of hydrogen-bond donors (Lipinski definition) is 1. The van der Waals surface area contributed by atoms with Crippen molar-refractivity contribution in [1.82, 2.24) is 14.3 Å². The molecule has 1 unspecified atom stereocenters. The van der Waals surface area contributed by atoms with Gasteiger partial charge in [0.15, 0.2) is 0 Å². The smallest absolute Gasteiger partial charge is 0.267 e. The monoisotopic (exact) mass is 508 g/mol. The average Bonchev–Trinajstić information content (AvgIpc) is 3.49. The third kappa shape index (κ3) is 4.95. The minimum Gasteiger partial charge on any atom is -0.497 e. The number of thiocarbonyl (C=S) groups is 1. The highest BCUT2D eigenvalue weighted by atomic mass is 32.2. The van der Waals surface area contributed by atoms with E-state index in [2.05, 4.69) is 10.3 Å². The number of carbonyl (C=O) groups excluding carboxylic acids is 1. The topological polar surface area (TPSA) is 85.2 Å².